The molecule has 0 N–H and O–H groups in total. The maximum atomic E-state index is 2.25. The second kappa shape index (κ2) is 9.53. The third-order valence-corrected chi connectivity index (χ3v) is 0.289. The van der Waals surface area contributed by atoms with E-state index >= 15 is 0 Å². The molecule has 0 aromatic rings. The molecule has 0 spiro atoms. The summed E-state index contributed by atoms with van der Waals surface area (Å²) in [5.41, 5.74) is 0. The van der Waals surface area contributed by atoms with Gasteiger partial charge < -0.3 is 30.8 Å². The molecule has 2 heteroatoms. The van der Waals surface area contributed by atoms with Crippen molar-refractivity contribution in [3.8, 4) is 0 Å². The van der Waals surface area contributed by atoms with Crippen molar-refractivity contribution >= 4 is 23.1 Å². The van der Waals surface area contributed by atoms with Gasteiger partial charge in [0.25, 0.3) is 0 Å². The van der Waals surface area contributed by atoms with E-state index < -0.39 is 0 Å². The molecule has 0 aromatic carbocycles. The summed E-state index contributed by atoms with van der Waals surface area (Å²) >= 11 is 0. The average molecular weight is 160 g/mol. The predicted molar refractivity (Wildman–Crippen MR) is 25.7 cm³/mol. The summed E-state index contributed by atoms with van der Waals surface area (Å²) in [5, 5.41) is 0. The van der Waals surface area contributed by atoms with Crippen molar-refractivity contribution in [2.75, 3.05) is 0 Å². The molecule has 34 valence electrons. The van der Waals surface area contributed by atoms with Crippen LogP contribution in [0, 0.1) is 13.8 Å². The molecule has 0 radical (unpaired) electrons. The van der Waals surface area contributed by atoms with Gasteiger partial charge in [-0.2, -0.15) is 0 Å². The van der Waals surface area contributed by atoms with E-state index in [1.165, 1.54) is 12.8 Å². The van der Waals surface area contributed by atoms with Crippen LogP contribution in [0.5, 0.6) is 0 Å². The van der Waals surface area contributed by atoms with E-state index in [0.29, 0.717) is 0 Å². The summed E-state index contributed by atoms with van der Waals surface area (Å²) in [6.07, 6.45) is 5.00. The van der Waals surface area contributed by atoms with Crippen molar-refractivity contribution in [1.82, 2.24) is 0 Å². The van der Waals surface area contributed by atoms with Crippen LogP contribution in [0.1, 0.15) is 12.8 Å². The molecule has 0 heterocycles. The summed E-state index contributed by atoms with van der Waals surface area (Å²) in [6, 6.07) is 0. The molecule has 1 fully saturated rings. The first-order chi connectivity index (χ1) is 1.50. The van der Waals surface area contributed by atoms with Crippen LogP contribution in [0.4, 0.5) is 0 Å². The largest absolute Gasteiger partial charge is 2.00 e. The van der Waals surface area contributed by atoms with Gasteiger partial charge >= 0.3 is 23.1 Å². The fourth-order valence-corrected chi connectivity index (χ4v) is 0. The van der Waals surface area contributed by atoms with Crippen LogP contribution in [-0.2, 0) is 0 Å². The molecule has 0 unspecified atom stereocenters. The summed E-state index contributed by atoms with van der Waals surface area (Å²) in [6.45, 7) is 0. The van der Waals surface area contributed by atoms with Gasteiger partial charge in [-0.3, -0.25) is 0 Å². The van der Waals surface area contributed by atoms with Gasteiger partial charge in [-0.1, -0.05) is 0 Å². The summed E-state index contributed by atoms with van der Waals surface area (Å²) in [4.78, 5) is 0. The molecule has 0 atom stereocenters. The Morgan fingerprint density at radius 2 is 1.33 bits per heavy atom. The molecule has 0 nitrogen and oxygen atoms in total. The first-order valence-electron chi connectivity index (χ1n) is 1.32. The predicted octanol–water partition coefficient (Wildman–Crippen LogP) is -1.94. The summed E-state index contributed by atoms with van der Waals surface area (Å²) in [5.74, 6) is 0. The van der Waals surface area contributed by atoms with Crippen LogP contribution >= 0.6 is 0 Å². The van der Waals surface area contributed by atoms with Crippen LogP contribution in [0.15, 0.2) is 0 Å². The molecule has 1 aliphatic carbocycles. The Kier molecular flexibility index (Phi) is 24.9. The Labute approximate surface area is 66.6 Å². The number of hydrogen-bond donors (Lipinski definition) is 0. The molecule has 1 aliphatic rings. The maximum absolute atomic E-state index is 2.25. The minimum Gasteiger partial charge on any atom is -1.00 e. The summed E-state index contributed by atoms with van der Waals surface area (Å²) < 4.78 is 0. The Hall–Kier alpha value is 1.25. The van der Waals surface area contributed by atoms with Crippen molar-refractivity contribution in [1.29, 1.82) is 0 Å². The number of halogens is 1. The number of rotatable bonds is 0. The minimum atomic E-state index is 0. The Morgan fingerprint density at radius 1 is 1.17 bits per heavy atom. The van der Waals surface area contributed by atoms with Gasteiger partial charge in [0.2, 0.25) is 0 Å². The quantitative estimate of drug-likeness (QED) is 0.286. The molecule has 6 heavy (non-hydrogen) atoms. The van der Waals surface area contributed by atoms with Gasteiger partial charge in [-0.25, -0.2) is 12.8 Å². The monoisotopic (exact) mass is 159 g/mol. The zero-order valence-corrected chi connectivity index (χ0v) is 7.08. The average Bonchev–Trinajstić information content (AvgIpc) is 1.46. The fourth-order valence-electron chi connectivity index (χ4n) is 0. The number of hydrogen-bond acceptors (Lipinski definition) is 0. The smallest absolute Gasteiger partial charge is 1.00 e. The molecular weight excluding hydrogens is 152 g/mol. The van der Waals surface area contributed by atoms with E-state index in [-0.39, 0.29) is 47.5 Å². The first kappa shape index (κ1) is 15.7. The van der Waals surface area contributed by atoms with E-state index in [2.05, 4.69) is 6.42 Å². The molecule has 0 aromatic heterocycles. The van der Waals surface area contributed by atoms with E-state index in [9.17, 15) is 0 Å². The van der Waals surface area contributed by atoms with E-state index in [0.717, 1.165) is 0 Å². The third-order valence-electron chi connectivity index (χ3n) is 0.289. The second-order valence-electron chi connectivity index (χ2n) is 0.866. The fraction of sp³-hybridized carbons (Fsp3) is 0.500. The molecule has 0 aliphatic heterocycles. The van der Waals surface area contributed by atoms with Crippen molar-refractivity contribution in [2.45, 2.75) is 12.8 Å². The molecule has 0 bridgehead atoms. The van der Waals surface area contributed by atoms with Crippen LogP contribution in [0.2, 0.25) is 0 Å². The molecule has 0 saturated heterocycles. The first-order valence-corrected chi connectivity index (χ1v) is 1.32. The van der Waals surface area contributed by atoms with Crippen molar-refractivity contribution in [3.63, 3.8) is 0 Å². The van der Waals surface area contributed by atoms with Gasteiger partial charge in [0.1, 0.15) is 0 Å². The van der Waals surface area contributed by atoms with Crippen LogP contribution < -0.4 is 17.0 Å². The van der Waals surface area contributed by atoms with Crippen molar-refractivity contribution in [2.24, 2.45) is 0 Å². The zero-order chi connectivity index (χ0) is 2.12. The van der Waals surface area contributed by atoms with E-state index in [4.69, 9.17) is 0 Å². The molecule has 0 amide bonds. The molecule has 1 saturated carbocycles. The second-order valence-corrected chi connectivity index (χ2v) is 0.866. The maximum Gasteiger partial charge on any atom is 2.00 e. The van der Waals surface area contributed by atoms with Crippen molar-refractivity contribution in [3.05, 3.63) is 13.8 Å². The topological polar surface area (TPSA) is 0 Å². The molecular formula is C4H8BrMg-. The van der Waals surface area contributed by atoms with Crippen molar-refractivity contribution < 1.29 is 17.0 Å². The Bertz CT molecular complexity index is 12.3. The van der Waals surface area contributed by atoms with Gasteiger partial charge in [-0.15, -0.1) is 0 Å². The Morgan fingerprint density at radius 3 is 1.33 bits per heavy atom. The minimum absolute atomic E-state index is 0. The molecule has 1 rings (SSSR count). The van der Waals surface area contributed by atoms with E-state index in [1.54, 1.807) is 0 Å². The van der Waals surface area contributed by atoms with Gasteiger partial charge in [0.15, 0.2) is 0 Å². The Balaban J connectivity index is -0.0000000300. The van der Waals surface area contributed by atoms with E-state index in [1.807, 2.05) is 0 Å². The zero-order valence-electron chi connectivity index (χ0n) is 4.08. The van der Waals surface area contributed by atoms with Crippen LogP contribution in [-0.4, -0.2) is 23.1 Å². The standard InChI is InChI=1S/C3H5.CH3.BrH.Mg/c1-2-3-1;;;/h1H,2-3H2;1H3;1H;/q2*-1;;+2/p-1. The summed E-state index contributed by atoms with van der Waals surface area (Å²) in [7, 11) is 0. The van der Waals surface area contributed by atoms with Crippen LogP contribution in [0.3, 0.4) is 0 Å². The third kappa shape index (κ3) is 18.7. The van der Waals surface area contributed by atoms with Gasteiger partial charge in [-0.05, 0) is 0 Å². The SMILES string of the molecule is [Br-].[CH-]1CC1.[CH3-].[Mg+2]. The normalized spacial score (nSPS) is 12.0. The van der Waals surface area contributed by atoms with Gasteiger partial charge in [0, 0.05) is 0 Å². The van der Waals surface area contributed by atoms with Gasteiger partial charge in [0.05, 0.1) is 0 Å². The van der Waals surface area contributed by atoms with Crippen LogP contribution in [0.25, 0.3) is 0 Å².